The Balaban J connectivity index is 4.05. The predicted molar refractivity (Wildman–Crippen MR) is 36.3 cm³/mol. The minimum atomic E-state index is -1.10. The molecule has 2 nitrogen and oxygen atoms in total. The van der Waals surface area contributed by atoms with Crippen molar-refractivity contribution in [1.29, 1.82) is 0 Å². The zero-order valence-corrected chi connectivity index (χ0v) is 6.35. The molecule has 0 rings (SSSR count). The molecule has 0 heterocycles. The SMILES string of the molecule is COC(=O)/C(C)=C/C(C)F. The number of hydrogen-bond acceptors (Lipinski definition) is 2. The van der Waals surface area contributed by atoms with Crippen LogP contribution in [0.3, 0.4) is 0 Å². The summed E-state index contributed by atoms with van der Waals surface area (Å²) in [7, 11) is 1.27. The minimum Gasteiger partial charge on any atom is -0.466 e. The van der Waals surface area contributed by atoms with Gasteiger partial charge in [0, 0.05) is 5.57 Å². The third-order valence-corrected chi connectivity index (χ3v) is 0.987. The van der Waals surface area contributed by atoms with Gasteiger partial charge in [0.2, 0.25) is 0 Å². The van der Waals surface area contributed by atoms with Crippen molar-refractivity contribution in [3.8, 4) is 0 Å². The molecule has 0 spiro atoms. The van der Waals surface area contributed by atoms with Gasteiger partial charge in [0.15, 0.2) is 0 Å². The molecule has 0 bridgehead atoms. The molecule has 0 aromatic carbocycles. The molecule has 0 N–H and O–H groups in total. The lowest BCUT2D eigenvalue weighted by Gasteiger charge is -1.97. The third kappa shape index (κ3) is 3.22. The first-order valence-electron chi connectivity index (χ1n) is 2.98. The van der Waals surface area contributed by atoms with Crippen LogP contribution in [0.25, 0.3) is 0 Å². The maximum atomic E-state index is 12.2. The van der Waals surface area contributed by atoms with E-state index in [1.165, 1.54) is 27.0 Å². The number of carbonyl (C=O) groups excluding carboxylic acids is 1. The van der Waals surface area contributed by atoms with Gasteiger partial charge in [0.1, 0.15) is 6.17 Å². The van der Waals surface area contributed by atoms with E-state index in [2.05, 4.69) is 4.74 Å². The summed E-state index contributed by atoms with van der Waals surface area (Å²) < 4.78 is 16.5. The largest absolute Gasteiger partial charge is 0.466 e. The van der Waals surface area contributed by atoms with Gasteiger partial charge in [-0.3, -0.25) is 0 Å². The zero-order valence-electron chi connectivity index (χ0n) is 6.35. The summed E-state index contributed by atoms with van der Waals surface area (Å²) in [5, 5.41) is 0. The van der Waals surface area contributed by atoms with E-state index in [1.807, 2.05) is 0 Å². The van der Waals surface area contributed by atoms with Gasteiger partial charge in [-0.1, -0.05) is 0 Å². The fourth-order valence-corrected chi connectivity index (χ4v) is 0.574. The molecule has 3 heteroatoms. The highest BCUT2D eigenvalue weighted by Crippen LogP contribution is 2.00. The van der Waals surface area contributed by atoms with Crippen molar-refractivity contribution in [3.05, 3.63) is 11.6 Å². The molecule has 0 radical (unpaired) electrons. The number of esters is 1. The normalized spacial score (nSPS) is 14.6. The van der Waals surface area contributed by atoms with Crippen molar-refractivity contribution in [2.75, 3.05) is 7.11 Å². The van der Waals surface area contributed by atoms with Crippen molar-refractivity contribution in [2.24, 2.45) is 0 Å². The van der Waals surface area contributed by atoms with Gasteiger partial charge in [-0.05, 0) is 19.9 Å². The van der Waals surface area contributed by atoms with Crippen LogP contribution in [0.2, 0.25) is 0 Å². The highest BCUT2D eigenvalue weighted by atomic mass is 19.1. The Bertz CT molecular complexity index is 150. The molecule has 0 aliphatic heterocycles. The van der Waals surface area contributed by atoms with Crippen LogP contribution in [0, 0.1) is 0 Å². The van der Waals surface area contributed by atoms with Crippen LogP contribution in [-0.4, -0.2) is 19.3 Å². The maximum Gasteiger partial charge on any atom is 0.333 e. The first-order chi connectivity index (χ1) is 4.57. The first-order valence-corrected chi connectivity index (χ1v) is 2.98. The van der Waals surface area contributed by atoms with Gasteiger partial charge in [0.25, 0.3) is 0 Å². The standard InChI is InChI=1S/C7H11FO2/c1-5(4-6(2)8)7(9)10-3/h4,6H,1-3H3/b5-4+. The highest BCUT2D eigenvalue weighted by molar-refractivity contribution is 5.87. The Kier molecular flexibility index (Phi) is 3.69. The lowest BCUT2D eigenvalue weighted by Crippen LogP contribution is -2.03. The summed E-state index contributed by atoms with van der Waals surface area (Å²) in [6, 6.07) is 0. The number of methoxy groups -OCH3 is 1. The summed E-state index contributed by atoms with van der Waals surface area (Å²) in [4.78, 5) is 10.6. The van der Waals surface area contributed by atoms with Crippen LogP contribution >= 0.6 is 0 Å². The Morgan fingerprint density at radius 3 is 2.50 bits per heavy atom. The van der Waals surface area contributed by atoms with E-state index >= 15 is 0 Å². The predicted octanol–water partition coefficient (Wildman–Crippen LogP) is 1.46. The van der Waals surface area contributed by atoms with Crippen LogP contribution in [0.5, 0.6) is 0 Å². The lowest BCUT2D eigenvalue weighted by molar-refractivity contribution is -0.136. The van der Waals surface area contributed by atoms with Gasteiger partial charge >= 0.3 is 5.97 Å². The van der Waals surface area contributed by atoms with Crippen LogP contribution in [-0.2, 0) is 9.53 Å². The smallest absolute Gasteiger partial charge is 0.333 e. The molecule has 0 saturated carbocycles. The molecule has 1 unspecified atom stereocenters. The van der Waals surface area contributed by atoms with Crippen molar-refractivity contribution in [3.63, 3.8) is 0 Å². The minimum absolute atomic E-state index is 0.303. The molecule has 0 aromatic heterocycles. The number of allylic oxidation sites excluding steroid dienone is 1. The van der Waals surface area contributed by atoms with E-state index in [1.54, 1.807) is 0 Å². The summed E-state index contributed by atoms with van der Waals surface area (Å²) >= 11 is 0. The zero-order chi connectivity index (χ0) is 8.15. The fourth-order valence-electron chi connectivity index (χ4n) is 0.574. The number of hydrogen-bond donors (Lipinski definition) is 0. The molecular formula is C7H11FO2. The molecule has 0 saturated heterocycles. The number of carbonyl (C=O) groups is 1. The maximum absolute atomic E-state index is 12.2. The number of ether oxygens (including phenoxy) is 1. The Hall–Kier alpha value is -0.860. The van der Waals surface area contributed by atoms with Gasteiger partial charge in [-0.15, -0.1) is 0 Å². The quantitative estimate of drug-likeness (QED) is 0.435. The summed E-state index contributed by atoms with van der Waals surface area (Å²) in [5.74, 6) is -0.482. The average Bonchev–Trinajstić information content (AvgIpc) is 1.85. The molecule has 0 aromatic rings. The Morgan fingerprint density at radius 2 is 2.20 bits per heavy atom. The van der Waals surface area contributed by atoms with E-state index in [4.69, 9.17) is 0 Å². The van der Waals surface area contributed by atoms with Crippen LogP contribution in [0.4, 0.5) is 4.39 Å². The molecule has 58 valence electrons. The van der Waals surface area contributed by atoms with Crippen molar-refractivity contribution < 1.29 is 13.9 Å². The van der Waals surface area contributed by atoms with E-state index in [0.29, 0.717) is 5.57 Å². The second-order valence-electron chi connectivity index (χ2n) is 2.02. The second-order valence-corrected chi connectivity index (χ2v) is 2.02. The number of alkyl halides is 1. The topological polar surface area (TPSA) is 26.3 Å². The molecule has 1 atom stereocenters. The summed E-state index contributed by atoms with van der Waals surface area (Å²) in [6.07, 6.45) is 0.116. The van der Waals surface area contributed by atoms with Crippen molar-refractivity contribution in [1.82, 2.24) is 0 Å². The Morgan fingerprint density at radius 1 is 1.70 bits per heavy atom. The van der Waals surface area contributed by atoms with Crippen LogP contribution in [0.15, 0.2) is 11.6 Å². The molecule has 0 aliphatic carbocycles. The summed E-state index contributed by atoms with van der Waals surface area (Å²) in [5.41, 5.74) is 0.303. The summed E-state index contributed by atoms with van der Waals surface area (Å²) in [6.45, 7) is 2.87. The van der Waals surface area contributed by atoms with Crippen molar-refractivity contribution >= 4 is 5.97 Å². The monoisotopic (exact) mass is 146 g/mol. The molecule has 10 heavy (non-hydrogen) atoms. The van der Waals surface area contributed by atoms with E-state index < -0.39 is 12.1 Å². The Labute approximate surface area is 59.7 Å². The van der Waals surface area contributed by atoms with E-state index in [-0.39, 0.29) is 0 Å². The van der Waals surface area contributed by atoms with Crippen LogP contribution < -0.4 is 0 Å². The molecular weight excluding hydrogens is 135 g/mol. The number of rotatable bonds is 2. The highest BCUT2D eigenvalue weighted by Gasteiger charge is 2.03. The molecule has 0 fully saturated rings. The fraction of sp³-hybridized carbons (Fsp3) is 0.571. The van der Waals surface area contributed by atoms with E-state index in [0.717, 1.165) is 0 Å². The average molecular weight is 146 g/mol. The lowest BCUT2D eigenvalue weighted by atomic mass is 10.2. The van der Waals surface area contributed by atoms with Crippen molar-refractivity contribution in [2.45, 2.75) is 20.0 Å². The van der Waals surface area contributed by atoms with Gasteiger partial charge in [0.05, 0.1) is 7.11 Å². The van der Waals surface area contributed by atoms with Gasteiger partial charge in [-0.2, -0.15) is 0 Å². The van der Waals surface area contributed by atoms with Crippen LogP contribution in [0.1, 0.15) is 13.8 Å². The third-order valence-electron chi connectivity index (χ3n) is 0.987. The molecule has 0 aliphatic rings. The molecule has 0 amide bonds. The first kappa shape index (κ1) is 9.14. The second kappa shape index (κ2) is 4.04. The van der Waals surface area contributed by atoms with Gasteiger partial charge < -0.3 is 4.74 Å². The van der Waals surface area contributed by atoms with E-state index in [9.17, 15) is 9.18 Å². The van der Waals surface area contributed by atoms with Gasteiger partial charge in [-0.25, -0.2) is 9.18 Å². The number of halogens is 1.